The number of ketones is 1. The number of Topliss-reactive ketones (excluding diaryl/α,β-unsaturated/α-hetero) is 1. The van der Waals surface area contributed by atoms with Crippen molar-refractivity contribution in [2.45, 2.75) is 90.8 Å². The van der Waals surface area contributed by atoms with Crippen LogP contribution in [0.4, 0.5) is 0 Å². The van der Waals surface area contributed by atoms with Crippen molar-refractivity contribution in [3.8, 4) is 5.75 Å². The molecule has 1 amide bonds. The first-order valence-corrected chi connectivity index (χ1v) is 12.7. The number of nitrogens with zero attached hydrogens (tertiary/aromatic N) is 1. The number of hydrogen-bond acceptors (Lipinski definition) is 4. The second kappa shape index (κ2) is 9.52. The summed E-state index contributed by atoms with van der Waals surface area (Å²) in [5.74, 6) is -0.492. The molecule has 2 fully saturated rings. The van der Waals surface area contributed by atoms with Crippen molar-refractivity contribution in [2.24, 2.45) is 0 Å². The molecule has 1 unspecified atom stereocenters. The highest BCUT2D eigenvalue weighted by Gasteiger charge is 2.49. The molecule has 1 heterocycles. The van der Waals surface area contributed by atoms with Gasteiger partial charge in [-0.3, -0.25) is 9.59 Å². The molecule has 2 aliphatic rings. The maximum Gasteiger partial charge on any atom is 0.295 e. The second-order valence-corrected chi connectivity index (χ2v) is 11.2. The van der Waals surface area contributed by atoms with Gasteiger partial charge in [0, 0.05) is 11.6 Å². The first-order chi connectivity index (χ1) is 16.5. The van der Waals surface area contributed by atoms with Crippen molar-refractivity contribution in [1.29, 1.82) is 0 Å². The second-order valence-electron chi connectivity index (χ2n) is 11.2. The van der Waals surface area contributed by atoms with Gasteiger partial charge in [0.1, 0.15) is 11.5 Å². The first kappa shape index (κ1) is 25.0. The van der Waals surface area contributed by atoms with Gasteiger partial charge >= 0.3 is 0 Å². The minimum atomic E-state index is -0.621. The van der Waals surface area contributed by atoms with Crippen LogP contribution in [0.25, 0.3) is 5.76 Å². The Kier molecular flexibility index (Phi) is 6.81. The van der Waals surface area contributed by atoms with Gasteiger partial charge in [0.05, 0.1) is 17.7 Å². The fourth-order valence-electron chi connectivity index (χ4n) is 5.23. The van der Waals surface area contributed by atoms with Crippen molar-refractivity contribution >= 4 is 17.4 Å². The number of benzene rings is 2. The Morgan fingerprint density at radius 2 is 1.66 bits per heavy atom. The molecule has 1 aliphatic carbocycles. The zero-order valence-electron chi connectivity index (χ0n) is 21.7. The smallest absolute Gasteiger partial charge is 0.295 e. The lowest BCUT2D eigenvalue weighted by Crippen LogP contribution is -2.37. The molecule has 1 aliphatic heterocycles. The monoisotopic (exact) mass is 475 g/mol. The largest absolute Gasteiger partial charge is 0.507 e. The normalized spacial score (nSPS) is 20.8. The number of carbonyl (C=O) groups excluding carboxylic acids is 2. The van der Waals surface area contributed by atoms with Crippen LogP contribution >= 0.6 is 0 Å². The number of carbonyl (C=O) groups is 2. The molecular weight excluding hydrogens is 438 g/mol. The maximum absolute atomic E-state index is 13.4. The van der Waals surface area contributed by atoms with Crippen molar-refractivity contribution in [2.75, 3.05) is 0 Å². The molecule has 0 radical (unpaired) electrons. The topological polar surface area (TPSA) is 66.8 Å². The molecule has 5 heteroatoms. The lowest BCUT2D eigenvalue weighted by atomic mass is 9.84. The van der Waals surface area contributed by atoms with Gasteiger partial charge in [-0.05, 0) is 73.9 Å². The average molecular weight is 476 g/mol. The number of aliphatic hydroxyl groups excluding tert-OH is 1. The average Bonchev–Trinajstić information content (AvgIpc) is 3.40. The number of hydrogen-bond donors (Lipinski definition) is 1. The summed E-state index contributed by atoms with van der Waals surface area (Å²) in [4.78, 5) is 28.5. The Balaban J connectivity index is 1.87. The lowest BCUT2D eigenvalue weighted by molar-refractivity contribution is -0.141. The minimum Gasteiger partial charge on any atom is -0.507 e. The zero-order valence-corrected chi connectivity index (χ0v) is 21.7. The summed E-state index contributed by atoms with van der Waals surface area (Å²) in [7, 11) is 0. The van der Waals surface area contributed by atoms with E-state index >= 15 is 0 Å². The van der Waals surface area contributed by atoms with Crippen LogP contribution in [0, 0.1) is 6.92 Å². The Bertz CT molecular complexity index is 1150. The molecule has 0 aromatic heterocycles. The highest BCUT2D eigenvalue weighted by atomic mass is 16.5. The highest BCUT2D eigenvalue weighted by Crippen LogP contribution is 2.44. The summed E-state index contributed by atoms with van der Waals surface area (Å²) >= 11 is 0. The molecule has 2 aromatic rings. The molecule has 5 nitrogen and oxygen atoms in total. The van der Waals surface area contributed by atoms with Gasteiger partial charge in [-0.2, -0.15) is 0 Å². The number of likely N-dealkylation sites (tertiary alicyclic amines) is 1. The predicted octanol–water partition coefficient (Wildman–Crippen LogP) is 6.44. The fraction of sp³-hybridized carbons (Fsp3) is 0.467. The van der Waals surface area contributed by atoms with E-state index < -0.39 is 17.7 Å². The van der Waals surface area contributed by atoms with Crippen LogP contribution in [-0.2, 0) is 15.0 Å². The standard InChI is InChI=1S/C30H37NO4/c1-18(2)35-23-15-12-20(13-16-23)26-25(28(33)29(34)31(26)22-9-7-8-10-22)27(32)24-17-21(30(4,5)6)14-11-19(24)3/h11-18,22,26,32H,7-10H2,1-6H3/b27-25+. The first-order valence-electron chi connectivity index (χ1n) is 12.7. The number of rotatable bonds is 5. The van der Waals surface area contributed by atoms with E-state index in [4.69, 9.17) is 4.74 Å². The SMILES string of the molecule is Cc1ccc(C(C)(C)C)cc1/C(O)=C1\C(=O)C(=O)N(C2CCCC2)C1c1ccc(OC(C)C)cc1. The van der Waals surface area contributed by atoms with E-state index in [0.29, 0.717) is 5.56 Å². The van der Waals surface area contributed by atoms with Crippen molar-refractivity contribution in [1.82, 2.24) is 4.90 Å². The predicted molar refractivity (Wildman–Crippen MR) is 138 cm³/mol. The number of aryl methyl sites for hydroxylation is 1. The van der Waals surface area contributed by atoms with E-state index in [1.165, 1.54) is 0 Å². The number of amides is 1. The van der Waals surface area contributed by atoms with Crippen molar-refractivity contribution in [3.05, 3.63) is 70.3 Å². The summed E-state index contributed by atoms with van der Waals surface area (Å²) in [6, 6.07) is 12.9. The summed E-state index contributed by atoms with van der Waals surface area (Å²) < 4.78 is 5.80. The van der Waals surface area contributed by atoms with E-state index in [-0.39, 0.29) is 28.9 Å². The fourth-order valence-corrected chi connectivity index (χ4v) is 5.23. The van der Waals surface area contributed by atoms with Gasteiger partial charge in [-0.15, -0.1) is 0 Å². The van der Waals surface area contributed by atoms with Gasteiger partial charge in [-0.25, -0.2) is 0 Å². The molecule has 2 aromatic carbocycles. The van der Waals surface area contributed by atoms with Gasteiger partial charge in [0.15, 0.2) is 0 Å². The third-order valence-electron chi connectivity index (χ3n) is 7.12. The third-order valence-corrected chi connectivity index (χ3v) is 7.12. The van der Waals surface area contributed by atoms with Crippen LogP contribution in [0.2, 0.25) is 0 Å². The molecule has 1 atom stereocenters. The molecule has 0 spiro atoms. The Morgan fingerprint density at radius 1 is 1.03 bits per heavy atom. The van der Waals surface area contributed by atoms with Crippen LogP contribution in [0.15, 0.2) is 48.0 Å². The van der Waals surface area contributed by atoms with E-state index in [9.17, 15) is 14.7 Å². The quantitative estimate of drug-likeness (QED) is 0.307. The van der Waals surface area contributed by atoms with Crippen LogP contribution in [-0.4, -0.2) is 33.8 Å². The summed E-state index contributed by atoms with van der Waals surface area (Å²) in [5, 5.41) is 11.6. The lowest BCUT2D eigenvalue weighted by Gasteiger charge is -2.31. The number of aliphatic hydroxyl groups is 1. The summed E-state index contributed by atoms with van der Waals surface area (Å²) in [6.07, 6.45) is 3.86. The minimum absolute atomic E-state index is 0.00431. The summed E-state index contributed by atoms with van der Waals surface area (Å²) in [5.41, 5.74) is 3.38. The van der Waals surface area contributed by atoms with Crippen LogP contribution < -0.4 is 4.74 Å². The molecule has 35 heavy (non-hydrogen) atoms. The molecular formula is C30H37NO4. The Labute approximate surface area is 208 Å². The van der Waals surface area contributed by atoms with Crippen LogP contribution in [0.5, 0.6) is 5.75 Å². The number of ether oxygens (including phenoxy) is 1. The van der Waals surface area contributed by atoms with Crippen LogP contribution in [0.3, 0.4) is 0 Å². The van der Waals surface area contributed by atoms with Crippen molar-refractivity contribution in [3.63, 3.8) is 0 Å². The third kappa shape index (κ3) is 4.86. The molecule has 4 rings (SSSR count). The van der Waals surface area contributed by atoms with Gasteiger partial charge in [0.25, 0.3) is 11.7 Å². The van der Waals surface area contributed by atoms with Gasteiger partial charge in [0.2, 0.25) is 0 Å². The molecule has 186 valence electrons. The molecule has 1 N–H and O–H groups in total. The van der Waals surface area contributed by atoms with E-state index in [1.807, 2.05) is 63.2 Å². The van der Waals surface area contributed by atoms with E-state index in [2.05, 4.69) is 20.8 Å². The molecule has 0 bridgehead atoms. The highest BCUT2D eigenvalue weighted by molar-refractivity contribution is 6.46. The maximum atomic E-state index is 13.4. The van der Waals surface area contributed by atoms with Crippen LogP contribution in [0.1, 0.15) is 88.6 Å². The van der Waals surface area contributed by atoms with E-state index in [1.54, 1.807) is 4.90 Å². The molecule has 1 saturated heterocycles. The van der Waals surface area contributed by atoms with E-state index in [0.717, 1.165) is 48.1 Å². The summed E-state index contributed by atoms with van der Waals surface area (Å²) in [6.45, 7) is 12.2. The zero-order chi connectivity index (χ0) is 25.5. The Morgan fingerprint density at radius 3 is 2.23 bits per heavy atom. The van der Waals surface area contributed by atoms with Crippen molar-refractivity contribution < 1.29 is 19.4 Å². The van der Waals surface area contributed by atoms with Gasteiger partial charge in [-0.1, -0.05) is 57.9 Å². The Hall–Kier alpha value is -3.08. The van der Waals surface area contributed by atoms with Gasteiger partial charge < -0.3 is 14.7 Å². The molecule has 1 saturated carbocycles.